The van der Waals surface area contributed by atoms with Crippen LogP contribution in [0.25, 0.3) is 5.65 Å². The lowest BCUT2D eigenvalue weighted by Gasteiger charge is -2.44. The number of fused-ring (bicyclic) bond motifs is 2. The molecule has 2 aliphatic heterocycles. The first-order chi connectivity index (χ1) is 13.7. The van der Waals surface area contributed by atoms with Crippen LogP contribution in [-0.4, -0.2) is 44.0 Å². The van der Waals surface area contributed by atoms with E-state index >= 15 is 0 Å². The van der Waals surface area contributed by atoms with Crippen molar-refractivity contribution in [1.82, 2.24) is 24.8 Å². The summed E-state index contributed by atoms with van der Waals surface area (Å²) in [7, 11) is 0. The first-order valence-corrected chi connectivity index (χ1v) is 9.83. The maximum atomic E-state index is 12.4. The van der Waals surface area contributed by atoms with Gasteiger partial charge in [0.25, 0.3) is 0 Å². The van der Waals surface area contributed by atoms with Crippen molar-refractivity contribution < 1.29 is 4.79 Å². The van der Waals surface area contributed by atoms with E-state index in [9.17, 15) is 4.79 Å². The lowest BCUT2D eigenvalue weighted by molar-refractivity contribution is -0.122. The summed E-state index contributed by atoms with van der Waals surface area (Å²) in [6.07, 6.45) is 8.02. The number of para-hydroxylation sites is 1. The third-order valence-corrected chi connectivity index (χ3v) is 5.95. The molecule has 7 nitrogen and oxygen atoms in total. The van der Waals surface area contributed by atoms with Crippen molar-refractivity contribution in [2.24, 2.45) is 0 Å². The largest absolute Gasteiger partial charge is 0.379 e. The molecule has 1 fully saturated rings. The molecule has 7 heteroatoms. The fourth-order valence-corrected chi connectivity index (χ4v) is 4.36. The normalized spacial score (nSPS) is 19.5. The predicted molar refractivity (Wildman–Crippen MR) is 107 cm³/mol. The van der Waals surface area contributed by atoms with Crippen LogP contribution >= 0.6 is 0 Å². The Morgan fingerprint density at radius 2 is 2.00 bits per heavy atom. The van der Waals surface area contributed by atoms with Gasteiger partial charge in [-0.15, -0.1) is 0 Å². The van der Waals surface area contributed by atoms with Crippen molar-refractivity contribution in [3.63, 3.8) is 0 Å². The molecule has 2 aliphatic rings. The molecule has 4 heterocycles. The topological polar surface area (TPSA) is 74.6 Å². The Bertz CT molecular complexity index is 1000. The molecule has 5 rings (SSSR count). The third-order valence-electron chi connectivity index (χ3n) is 5.95. The predicted octanol–water partition coefficient (Wildman–Crippen LogP) is 2.20. The standard InChI is InChI=1S/C21H24N6O/c28-19-12-21(25-18-5-2-1-4-16(18)13-23-19)6-10-26(11-7-21)15-17-14-24-27-9-3-8-22-20(17)27/h1-5,8-9,14,25H,6-7,10-13,15H2,(H,23,28). The number of amides is 1. The minimum atomic E-state index is -0.184. The van der Waals surface area contributed by atoms with E-state index in [4.69, 9.17) is 0 Å². The van der Waals surface area contributed by atoms with Crippen LogP contribution in [0.3, 0.4) is 0 Å². The van der Waals surface area contributed by atoms with Gasteiger partial charge in [-0.2, -0.15) is 5.10 Å². The van der Waals surface area contributed by atoms with Crippen molar-refractivity contribution in [3.8, 4) is 0 Å². The van der Waals surface area contributed by atoms with Crippen molar-refractivity contribution >= 4 is 17.2 Å². The molecule has 144 valence electrons. The number of aromatic nitrogens is 3. The van der Waals surface area contributed by atoms with Gasteiger partial charge in [0.15, 0.2) is 5.65 Å². The number of hydrogen-bond donors (Lipinski definition) is 2. The van der Waals surface area contributed by atoms with E-state index in [1.807, 2.05) is 29.0 Å². The van der Waals surface area contributed by atoms with Crippen LogP contribution in [-0.2, 0) is 17.9 Å². The van der Waals surface area contributed by atoms with Crippen molar-refractivity contribution in [1.29, 1.82) is 0 Å². The van der Waals surface area contributed by atoms with Gasteiger partial charge in [-0.05, 0) is 30.5 Å². The van der Waals surface area contributed by atoms with E-state index in [0.29, 0.717) is 13.0 Å². The molecule has 2 aromatic heterocycles. The number of likely N-dealkylation sites (tertiary alicyclic amines) is 1. The molecule has 1 spiro atoms. The summed E-state index contributed by atoms with van der Waals surface area (Å²) in [5.41, 5.74) is 4.17. The molecule has 0 atom stereocenters. The van der Waals surface area contributed by atoms with Crippen molar-refractivity contribution in [2.45, 2.75) is 37.9 Å². The summed E-state index contributed by atoms with van der Waals surface area (Å²) in [6.45, 7) is 3.30. The minimum absolute atomic E-state index is 0.127. The number of benzene rings is 1. The highest BCUT2D eigenvalue weighted by molar-refractivity contribution is 5.79. The van der Waals surface area contributed by atoms with Gasteiger partial charge in [-0.25, -0.2) is 9.50 Å². The number of nitrogens with one attached hydrogen (secondary N) is 2. The fourth-order valence-electron chi connectivity index (χ4n) is 4.36. The Labute approximate surface area is 163 Å². The number of carbonyl (C=O) groups excluding carboxylic acids is 1. The Kier molecular flexibility index (Phi) is 4.24. The van der Waals surface area contributed by atoms with Gasteiger partial charge in [0.1, 0.15) is 0 Å². The molecule has 1 aromatic carbocycles. The van der Waals surface area contributed by atoms with E-state index in [2.05, 4.69) is 43.8 Å². The summed E-state index contributed by atoms with van der Waals surface area (Å²) < 4.78 is 1.82. The first-order valence-electron chi connectivity index (χ1n) is 9.83. The van der Waals surface area contributed by atoms with Crippen LogP contribution in [0.1, 0.15) is 30.4 Å². The van der Waals surface area contributed by atoms with Crippen molar-refractivity contribution in [3.05, 3.63) is 60.0 Å². The number of rotatable bonds is 2. The summed E-state index contributed by atoms with van der Waals surface area (Å²) in [6, 6.07) is 10.2. The van der Waals surface area contributed by atoms with Crippen LogP contribution in [0.2, 0.25) is 0 Å². The lowest BCUT2D eigenvalue weighted by atomic mass is 9.82. The molecule has 3 aromatic rings. The molecule has 1 amide bonds. The smallest absolute Gasteiger partial charge is 0.222 e. The highest BCUT2D eigenvalue weighted by Gasteiger charge is 2.38. The molecule has 1 saturated heterocycles. The SMILES string of the molecule is O=C1CC2(CCN(Cc3cnn4cccnc34)CC2)Nc2ccccc2CN1. The lowest BCUT2D eigenvalue weighted by Crippen LogP contribution is -2.52. The van der Waals surface area contributed by atoms with Crippen LogP contribution in [0, 0.1) is 0 Å². The second-order valence-electron chi connectivity index (χ2n) is 7.85. The molecule has 0 saturated carbocycles. The highest BCUT2D eigenvalue weighted by Crippen LogP contribution is 2.33. The number of nitrogens with zero attached hydrogens (tertiary/aromatic N) is 4. The van der Waals surface area contributed by atoms with E-state index in [-0.39, 0.29) is 11.4 Å². The van der Waals surface area contributed by atoms with Crippen LogP contribution < -0.4 is 10.6 Å². The molecule has 0 aliphatic carbocycles. The fraction of sp³-hybridized carbons (Fsp3) is 0.381. The summed E-state index contributed by atoms with van der Waals surface area (Å²) >= 11 is 0. The molecule has 28 heavy (non-hydrogen) atoms. The number of anilines is 1. The maximum Gasteiger partial charge on any atom is 0.222 e. The Morgan fingerprint density at radius 3 is 2.89 bits per heavy atom. The molecular formula is C21H24N6O. The zero-order valence-electron chi connectivity index (χ0n) is 15.8. The Morgan fingerprint density at radius 1 is 1.14 bits per heavy atom. The van der Waals surface area contributed by atoms with E-state index in [1.54, 1.807) is 6.20 Å². The Balaban J connectivity index is 1.32. The van der Waals surface area contributed by atoms with Crippen molar-refractivity contribution in [2.75, 3.05) is 18.4 Å². The van der Waals surface area contributed by atoms with E-state index in [0.717, 1.165) is 54.9 Å². The molecule has 0 radical (unpaired) electrons. The first kappa shape index (κ1) is 17.2. The van der Waals surface area contributed by atoms with Gasteiger partial charge < -0.3 is 10.6 Å². The summed E-state index contributed by atoms with van der Waals surface area (Å²) in [4.78, 5) is 19.3. The second kappa shape index (κ2) is 6.91. The molecule has 0 unspecified atom stereocenters. The average molecular weight is 376 g/mol. The molecule has 2 N–H and O–H groups in total. The number of hydrogen-bond acceptors (Lipinski definition) is 5. The monoisotopic (exact) mass is 376 g/mol. The summed E-state index contributed by atoms with van der Waals surface area (Å²) in [5, 5.41) is 11.2. The Hall–Kier alpha value is -2.93. The summed E-state index contributed by atoms with van der Waals surface area (Å²) in [5.74, 6) is 0.127. The molecule has 0 bridgehead atoms. The highest BCUT2D eigenvalue weighted by atomic mass is 16.1. The van der Waals surface area contributed by atoms with Crippen LogP contribution in [0.5, 0.6) is 0 Å². The van der Waals surface area contributed by atoms with Gasteiger partial charge in [0.05, 0.1) is 6.20 Å². The van der Waals surface area contributed by atoms with Gasteiger partial charge in [0, 0.05) is 61.8 Å². The van der Waals surface area contributed by atoms with Gasteiger partial charge >= 0.3 is 0 Å². The second-order valence-corrected chi connectivity index (χ2v) is 7.85. The van der Waals surface area contributed by atoms with Gasteiger partial charge in [-0.1, -0.05) is 18.2 Å². The number of carbonyl (C=O) groups is 1. The average Bonchev–Trinajstić information content (AvgIpc) is 3.11. The zero-order chi connectivity index (χ0) is 19.0. The van der Waals surface area contributed by atoms with Gasteiger partial charge in [-0.3, -0.25) is 9.69 Å². The van der Waals surface area contributed by atoms with E-state index < -0.39 is 0 Å². The molecular weight excluding hydrogens is 352 g/mol. The minimum Gasteiger partial charge on any atom is -0.379 e. The third kappa shape index (κ3) is 3.22. The van der Waals surface area contributed by atoms with E-state index in [1.165, 1.54) is 0 Å². The quantitative estimate of drug-likeness (QED) is 0.717. The number of piperidine rings is 1. The van der Waals surface area contributed by atoms with Gasteiger partial charge in [0.2, 0.25) is 5.91 Å². The van der Waals surface area contributed by atoms with Crippen LogP contribution in [0.15, 0.2) is 48.9 Å². The van der Waals surface area contributed by atoms with Crippen LogP contribution in [0.4, 0.5) is 5.69 Å². The zero-order valence-corrected chi connectivity index (χ0v) is 15.8. The maximum absolute atomic E-state index is 12.4.